The minimum atomic E-state index is 0.139. The highest BCUT2D eigenvalue weighted by Crippen LogP contribution is 2.50. The van der Waals surface area contributed by atoms with Gasteiger partial charge in [0.2, 0.25) is 5.65 Å². The van der Waals surface area contributed by atoms with Crippen molar-refractivity contribution in [1.29, 1.82) is 0 Å². The monoisotopic (exact) mass is 203 g/mol. The summed E-state index contributed by atoms with van der Waals surface area (Å²) in [6.07, 6.45) is 4.17. The molecule has 2 aromatic heterocycles. The summed E-state index contributed by atoms with van der Waals surface area (Å²) < 4.78 is 0. The van der Waals surface area contributed by atoms with E-state index in [4.69, 9.17) is 5.73 Å². The van der Waals surface area contributed by atoms with Crippen LogP contribution in [-0.4, -0.2) is 26.4 Å². The zero-order chi connectivity index (χ0) is 10.5. The van der Waals surface area contributed by atoms with Gasteiger partial charge in [0.05, 0.1) is 0 Å². The molecule has 2 aromatic rings. The van der Waals surface area contributed by atoms with Crippen LogP contribution in [0, 0.1) is 0 Å². The number of nitrogens with two attached hydrogens (primary N) is 1. The van der Waals surface area contributed by atoms with Gasteiger partial charge in [0.1, 0.15) is 5.52 Å². The summed E-state index contributed by atoms with van der Waals surface area (Å²) in [5.41, 5.74) is 8.83. The molecule has 0 aliphatic heterocycles. The molecule has 0 bridgehead atoms. The lowest BCUT2D eigenvalue weighted by atomic mass is 9.91. The van der Waals surface area contributed by atoms with E-state index in [9.17, 15) is 0 Å². The molecule has 0 aromatic carbocycles. The summed E-state index contributed by atoms with van der Waals surface area (Å²) >= 11 is 0. The Morgan fingerprint density at radius 2 is 2.27 bits per heavy atom. The van der Waals surface area contributed by atoms with E-state index in [2.05, 4.69) is 27.3 Å². The minimum Gasteiger partial charge on any atom is -0.327 e. The van der Waals surface area contributed by atoms with Crippen LogP contribution in [0.1, 0.15) is 25.3 Å². The normalized spacial score (nSPS) is 20.4. The van der Waals surface area contributed by atoms with Gasteiger partial charge in [-0.25, -0.2) is 4.98 Å². The Morgan fingerprint density at radius 1 is 1.47 bits per heavy atom. The van der Waals surface area contributed by atoms with Gasteiger partial charge >= 0.3 is 0 Å². The molecule has 1 aliphatic rings. The van der Waals surface area contributed by atoms with E-state index in [1.807, 2.05) is 12.3 Å². The van der Waals surface area contributed by atoms with E-state index in [0.29, 0.717) is 5.65 Å². The molecule has 1 aliphatic carbocycles. The van der Waals surface area contributed by atoms with Crippen LogP contribution in [0.25, 0.3) is 11.2 Å². The van der Waals surface area contributed by atoms with Gasteiger partial charge in [-0.1, -0.05) is 0 Å². The fraction of sp³-hybridized carbons (Fsp3) is 0.500. The Labute approximate surface area is 87.1 Å². The standard InChI is InChI=1S/C10H13N5/c1-6(11)10(2-3-10)7-4-8-9(12-5-7)14-15-13-8/h4-6H,2-3,11H2,1H3,(H,12,13,14,15). The van der Waals surface area contributed by atoms with Crippen molar-refractivity contribution in [3.8, 4) is 0 Å². The molecule has 0 radical (unpaired) electrons. The van der Waals surface area contributed by atoms with Crippen molar-refractivity contribution in [3.63, 3.8) is 0 Å². The van der Waals surface area contributed by atoms with Gasteiger partial charge in [-0.3, -0.25) is 0 Å². The first kappa shape index (κ1) is 8.79. The van der Waals surface area contributed by atoms with E-state index in [1.54, 1.807) is 0 Å². The Balaban J connectivity index is 2.11. The lowest BCUT2D eigenvalue weighted by Crippen LogP contribution is -2.31. The highest BCUT2D eigenvalue weighted by Gasteiger charge is 2.47. The second-order valence-corrected chi connectivity index (χ2v) is 4.34. The number of aromatic amines is 1. The number of aromatic nitrogens is 4. The van der Waals surface area contributed by atoms with Gasteiger partial charge in [0.25, 0.3) is 0 Å². The van der Waals surface area contributed by atoms with Gasteiger partial charge in [0, 0.05) is 17.7 Å². The minimum absolute atomic E-state index is 0.139. The van der Waals surface area contributed by atoms with Crippen LogP contribution < -0.4 is 5.73 Å². The lowest BCUT2D eigenvalue weighted by Gasteiger charge is -2.19. The lowest BCUT2D eigenvalue weighted by molar-refractivity contribution is 0.555. The summed E-state index contributed by atoms with van der Waals surface area (Å²) in [4.78, 5) is 4.27. The third-order valence-electron chi connectivity index (χ3n) is 3.41. The first-order valence-corrected chi connectivity index (χ1v) is 5.15. The number of hydrogen-bond donors (Lipinski definition) is 2. The maximum Gasteiger partial charge on any atom is 0.201 e. The highest BCUT2D eigenvalue weighted by atomic mass is 15.3. The third kappa shape index (κ3) is 1.16. The molecule has 15 heavy (non-hydrogen) atoms. The van der Waals surface area contributed by atoms with Crippen LogP contribution in [0.3, 0.4) is 0 Å². The molecular weight excluding hydrogens is 190 g/mol. The molecule has 1 unspecified atom stereocenters. The Bertz CT molecular complexity index is 497. The average Bonchev–Trinajstić information content (AvgIpc) is 2.91. The smallest absolute Gasteiger partial charge is 0.201 e. The summed E-state index contributed by atoms with van der Waals surface area (Å²) in [7, 11) is 0. The second-order valence-electron chi connectivity index (χ2n) is 4.34. The van der Waals surface area contributed by atoms with Crippen molar-refractivity contribution in [2.45, 2.75) is 31.2 Å². The maximum absolute atomic E-state index is 6.01. The SMILES string of the molecule is CC(N)C1(c2cnc3n[nH]nc3c2)CC1. The van der Waals surface area contributed by atoms with Gasteiger partial charge in [-0.15, -0.1) is 5.10 Å². The van der Waals surface area contributed by atoms with Crippen LogP contribution in [0.2, 0.25) is 0 Å². The van der Waals surface area contributed by atoms with Crippen molar-refractivity contribution < 1.29 is 0 Å². The predicted molar refractivity (Wildman–Crippen MR) is 56.2 cm³/mol. The number of nitrogens with zero attached hydrogens (tertiary/aromatic N) is 3. The van der Waals surface area contributed by atoms with Crippen molar-refractivity contribution in [1.82, 2.24) is 20.4 Å². The first-order chi connectivity index (χ1) is 7.22. The van der Waals surface area contributed by atoms with E-state index in [0.717, 1.165) is 18.4 Å². The number of fused-ring (bicyclic) bond motifs is 1. The van der Waals surface area contributed by atoms with Gasteiger partial charge in [-0.2, -0.15) is 10.3 Å². The molecule has 5 nitrogen and oxygen atoms in total. The van der Waals surface area contributed by atoms with Crippen LogP contribution >= 0.6 is 0 Å². The van der Waals surface area contributed by atoms with Crippen LogP contribution in [-0.2, 0) is 5.41 Å². The summed E-state index contributed by atoms with van der Waals surface area (Å²) in [5, 5.41) is 10.5. The van der Waals surface area contributed by atoms with E-state index >= 15 is 0 Å². The number of rotatable bonds is 2. The predicted octanol–water partition coefficient (Wildman–Crippen LogP) is 0.732. The number of H-pyrrole nitrogens is 1. The van der Waals surface area contributed by atoms with Crippen LogP contribution in [0.4, 0.5) is 0 Å². The summed E-state index contributed by atoms with van der Waals surface area (Å²) in [6.45, 7) is 2.06. The molecule has 2 heterocycles. The zero-order valence-electron chi connectivity index (χ0n) is 8.57. The Kier molecular flexibility index (Phi) is 1.62. The fourth-order valence-corrected chi connectivity index (χ4v) is 2.15. The molecule has 0 spiro atoms. The molecule has 3 N–H and O–H groups in total. The van der Waals surface area contributed by atoms with Crippen molar-refractivity contribution >= 4 is 11.2 Å². The van der Waals surface area contributed by atoms with E-state index in [-0.39, 0.29) is 11.5 Å². The maximum atomic E-state index is 6.01. The second kappa shape index (κ2) is 2.76. The molecule has 5 heteroatoms. The average molecular weight is 203 g/mol. The number of nitrogens with one attached hydrogen (secondary N) is 1. The van der Waals surface area contributed by atoms with Gasteiger partial charge in [-0.05, 0) is 31.4 Å². The van der Waals surface area contributed by atoms with Gasteiger partial charge in [0.15, 0.2) is 0 Å². The highest BCUT2D eigenvalue weighted by molar-refractivity contribution is 5.69. The third-order valence-corrected chi connectivity index (χ3v) is 3.41. The van der Waals surface area contributed by atoms with Crippen molar-refractivity contribution in [2.75, 3.05) is 0 Å². The van der Waals surface area contributed by atoms with E-state index < -0.39 is 0 Å². The van der Waals surface area contributed by atoms with Crippen LogP contribution in [0.15, 0.2) is 12.3 Å². The van der Waals surface area contributed by atoms with Crippen molar-refractivity contribution in [3.05, 3.63) is 17.8 Å². The summed E-state index contributed by atoms with van der Waals surface area (Å²) in [5.74, 6) is 0. The quantitative estimate of drug-likeness (QED) is 0.754. The fourth-order valence-electron chi connectivity index (χ4n) is 2.15. The van der Waals surface area contributed by atoms with Gasteiger partial charge < -0.3 is 5.73 Å². The Hall–Kier alpha value is -1.49. The molecular formula is C10H13N5. The molecule has 0 amide bonds. The van der Waals surface area contributed by atoms with Crippen LogP contribution in [0.5, 0.6) is 0 Å². The Morgan fingerprint density at radius 3 is 2.93 bits per heavy atom. The van der Waals surface area contributed by atoms with E-state index in [1.165, 1.54) is 5.56 Å². The zero-order valence-corrected chi connectivity index (χ0v) is 8.57. The summed E-state index contributed by atoms with van der Waals surface area (Å²) in [6, 6.07) is 2.21. The molecule has 3 rings (SSSR count). The molecule has 1 fully saturated rings. The largest absolute Gasteiger partial charge is 0.327 e. The first-order valence-electron chi connectivity index (χ1n) is 5.15. The number of pyridine rings is 1. The topological polar surface area (TPSA) is 80.5 Å². The van der Waals surface area contributed by atoms with Crippen molar-refractivity contribution in [2.24, 2.45) is 5.73 Å². The molecule has 78 valence electrons. The molecule has 1 saturated carbocycles. The molecule has 0 saturated heterocycles. The number of hydrogen-bond acceptors (Lipinski definition) is 4. The molecule has 1 atom stereocenters.